The van der Waals surface area contributed by atoms with Crippen molar-refractivity contribution in [3.63, 3.8) is 0 Å². The maximum Gasteiger partial charge on any atom is 0.272 e. The number of para-hydroxylation sites is 2. The van der Waals surface area contributed by atoms with E-state index in [9.17, 15) is 9.59 Å². The maximum atomic E-state index is 12.7. The van der Waals surface area contributed by atoms with Crippen LogP contribution in [0.4, 0.5) is 5.69 Å². The van der Waals surface area contributed by atoms with Gasteiger partial charge in [0.2, 0.25) is 0 Å². The van der Waals surface area contributed by atoms with E-state index in [1.165, 1.54) is 19.4 Å². The van der Waals surface area contributed by atoms with E-state index in [4.69, 9.17) is 4.74 Å². The van der Waals surface area contributed by atoms with Gasteiger partial charge in [-0.1, -0.05) is 42.5 Å². The predicted octanol–water partition coefficient (Wildman–Crippen LogP) is 3.61. The number of rotatable bonds is 6. The Morgan fingerprint density at radius 1 is 1.04 bits per heavy atom. The van der Waals surface area contributed by atoms with Gasteiger partial charge in [0.25, 0.3) is 11.8 Å². The molecule has 0 unspecified atom stereocenters. The van der Waals surface area contributed by atoms with Gasteiger partial charge in [0.15, 0.2) is 0 Å². The van der Waals surface area contributed by atoms with Crippen LogP contribution in [0.1, 0.15) is 26.4 Å². The number of hydrogen-bond donors (Lipinski definition) is 1. The van der Waals surface area contributed by atoms with E-state index in [1.807, 2.05) is 36.4 Å². The second-order valence-corrected chi connectivity index (χ2v) is 6.23. The lowest BCUT2D eigenvalue weighted by molar-refractivity contribution is 0.0779. The van der Waals surface area contributed by atoms with E-state index in [1.54, 1.807) is 36.2 Å². The Labute approximate surface area is 163 Å². The molecule has 0 atom stereocenters. The molecule has 142 valence electrons. The third-order valence-corrected chi connectivity index (χ3v) is 4.21. The molecule has 3 rings (SSSR count). The number of benzene rings is 2. The molecule has 0 spiro atoms. The Kier molecular flexibility index (Phi) is 6.01. The summed E-state index contributed by atoms with van der Waals surface area (Å²) in [7, 11) is 3.25. The molecule has 0 saturated heterocycles. The van der Waals surface area contributed by atoms with Crippen LogP contribution in [-0.2, 0) is 6.54 Å². The third-order valence-electron chi connectivity index (χ3n) is 4.21. The van der Waals surface area contributed by atoms with Gasteiger partial charge in [0, 0.05) is 25.4 Å². The summed E-state index contributed by atoms with van der Waals surface area (Å²) in [6.45, 7) is 0.457. The van der Waals surface area contributed by atoms with Crippen LogP contribution >= 0.6 is 0 Å². The molecule has 6 heteroatoms. The molecule has 0 fully saturated rings. The summed E-state index contributed by atoms with van der Waals surface area (Å²) < 4.78 is 5.24. The molecule has 0 aliphatic heterocycles. The van der Waals surface area contributed by atoms with Crippen LogP contribution in [0.2, 0.25) is 0 Å². The molecule has 0 bridgehead atoms. The Morgan fingerprint density at radius 2 is 1.75 bits per heavy atom. The van der Waals surface area contributed by atoms with Crippen molar-refractivity contribution < 1.29 is 14.3 Å². The van der Waals surface area contributed by atoms with Gasteiger partial charge in [-0.05, 0) is 29.8 Å². The number of ether oxygens (including phenoxy) is 1. The first kappa shape index (κ1) is 19.1. The van der Waals surface area contributed by atoms with Crippen LogP contribution in [0, 0.1) is 0 Å². The monoisotopic (exact) mass is 375 g/mol. The minimum Gasteiger partial charge on any atom is -0.495 e. The highest BCUT2D eigenvalue weighted by Gasteiger charge is 2.16. The normalized spacial score (nSPS) is 10.2. The smallest absolute Gasteiger partial charge is 0.272 e. The van der Waals surface area contributed by atoms with Crippen LogP contribution in [0.15, 0.2) is 72.9 Å². The predicted molar refractivity (Wildman–Crippen MR) is 107 cm³/mol. The fourth-order valence-electron chi connectivity index (χ4n) is 2.76. The van der Waals surface area contributed by atoms with E-state index >= 15 is 0 Å². The molecule has 1 N–H and O–H groups in total. The van der Waals surface area contributed by atoms with Gasteiger partial charge >= 0.3 is 0 Å². The minimum absolute atomic E-state index is 0.214. The summed E-state index contributed by atoms with van der Waals surface area (Å²) >= 11 is 0. The number of pyridine rings is 1. The van der Waals surface area contributed by atoms with Gasteiger partial charge in [-0.2, -0.15) is 0 Å². The topological polar surface area (TPSA) is 71.5 Å². The standard InChI is InChI=1S/C22H21N3O3/c1-25(15-16-8-4-3-5-9-16)22(27)19-14-17(12-13-23-19)21(26)24-18-10-6-7-11-20(18)28-2/h3-14H,15H2,1-2H3,(H,24,26). The molecule has 2 aromatic carbocycles. The number of anilines is 1. The van der Waals surface area contributed by atoms with Gasteiger partial charge in [-0.25, -0.2) is 0 Å². The highest BCUT2D eigenvalue weighted by atomic mass is 16.5. The van der Waals surface area contributed by atoms with Gasteiger partial charge in [-0.3, -0.25) is 14.6 Å². The number of nitrogens with one attached hydrogen (secondary N) is 1. The van der Waals surface area contributed by atoms with Gasteiger partial charge in [-0.15, -0.1) is 0 Å². The molecule has 1 heterocycles. The van der Waals surface area contributed by atoms with Gasteiger partial charge in [0.05, 0.1) is 12.8 Å². The lowest BCUT2D eigenvalue weighted by atomic mass is 10.1. The molecule has 0 saturated carbocycles. The van der Waals surface area contributed by atoms with Crippen molar-refractivity contribution in [1.82, 2.24) is 9.88 Å². The van der Waals surface area contributed by atoms with Crippen molar-refractivity contribution in [2.24, 2.45) is 0 Å². The summed E-state index contributed by atoms with van der Waals surface area (Å²) in [5.74, 6) is -0.0359. The Hall–Kier alpha value is -3.67. The quantitative estimate of drug-likeness (QED) is 0.714. The summed E-state index contributed by atoms with van der Waals surface area (Å²) in [5.41, 5.74) is 2.13. The second kappa shape index (κ2) is 8.81. The number of hydrogen-bond acceptors (Lipinski definition) is 4. The number of nitrogens with zero attached hydrogens (tertiary/aromatic N) is 2. The lowest BCUT2D eigenvalue weighted by Gasteiger charge is -2.17. The van der Waals surface area contributed by atoms with Crippen molar-refractivity contribution in [3.8, 4) is 5.75 Å². The van der Waals surface area contributed by atoms with Crippen LogP contribution < -0.4 is 10.1 Å². The van der Waals surface area contributed by atoms with E-state index < -0.39 is 0 Å². The van der Waals surface area contributed by atoms with E-state index in [-0.39, 0.29) is 17.5 Å². The third kappa shape index (κ3) is 4.54. The highest BCUT2D eigenvalue weighted by molar-refractivity contribution is 6.06. The lowest BCUT2D eigenvalue weighted by Crippen LogP contribution is -2.27. The molecule has 0 radical (unpaired) electrons. The number of amides is 2. The van der Waals surface area contributed by atoms with E-state index in [0.29, 0.717) is 23.5 Å². The average molecular weight is 375 g/mol. The number of carbonyl (C=O) groups excluding carboxylic acids is 2. The molecule has 2 amide bonds. The summed E-state index contributed by atoms with van der Waals surface area (Å²) in [5, 5.41) is 2.80. The molecule has 1 aromatic heterocycles. The number of aromatic nitrogens is 1. The minimum atomic E-state index is -0.341. The first-order valence-corrected chi connectivity index (χ1v) is 8.78. The molecule has 28 heavy (non-hydrogen) atoms. The summed E-state index contributed by atoms with van der Waals surface area (Å²) in [6.07, 6.45) is 1.46. The first-order chi connectivity index (χ1) is 13.6. The van der Waals surface area contributed by atoms with Gasteiger partial charge < -0.3 is 15.0 Å². The summed E-state index contributed by atoms with van der Waals surface area (Å²) in [4.78, 5) is 31.0. The van der Waals surface area contributed by atoms with Crippen LogP contribution in [0.25, 0.3) is 0 Å². The Bertz CT molecular complexity index is 974. The van der Waals surface area contributed by atoms with E-state index in [0.717, 1.165) is 5.56 Å². The molecule has 0 aliphatic carbocycles. The van der Waals surface area contributed by atoms with Gasteiger partial charge in [0.1, 0.15) is 11.4 Å². The Balaban J connectivity index is 1.74. The number of methoxy groups -OCH3 is 1. The number of carbonyl (C=O) groups is 2. The van der Waals surface area contributed by atoms with Crippen molar-refractivity contribution in [3.05, 3.63) is 89.7 Å². The first-order valence-electron chi connectivity index (χ1n) is 8.78. The van der Waals surface area contributed by atoms with Crippen LogP contribution in [0.5, 0.6) is 5.75 Å². The molecular weight excluding hydrogens is 354 g/mol. The van der Waals surface area contributed by atoms with Crippen molar-refractivity contribution in [2.75, 3.05) is 19.5 Å². The SMILES string of the molecule is COc1ccccc1NC(=O)c1ccnc(C(=O)N(C)Cc2ccccc2)c1. The van der Waals surface area contributed by atoms with Crippen molar-refractivity contribution >= 4 is 17.5 Å². The van der Waals surface area contributed by atoms with Crippen LogP contribution in [-0.4, -0.2) is 35.9 Å². The van der Waals surface area contributed by atoms with Crippen molar-refractivity contribution in [2.45, 2.75) is 6.54 Å². The second-order valence-electron chi connectivity index (χ2n) is 6.23. The molecule has 0 aliphatic rings. The molecule has 3 aromatic rings. The zero-order chi connectivity index (χ0) is 19.9. The van der Waals surface area contributed by atoms with Crippen molar-refractivity contribution in [1.29, 1.82) is 0 Å². The summed E-state index contributed by atoms with van der Waals surface area (Å²) in [6, 6.07) is 19.9. The average Bonchev–Trinajstić information content (AvgIpc) is 2.74. The molecule has 6 nitrogen and oxygen atoms in total. The maximum absolute atomic E-state index is 12.7. The van der Waals surface area contributed by atoms with E-state index in [2.05, 4.69) is 10.3 Å². The van der Waals surface area contributed by atoms with Crippen LogP contribution in [0.3, 0.4) is 0 Å². The zero-order valence-corrected chi connectivity index (χ0v) is 15.8. The fraction of sp³-hybridized carbons (Fsp3) is 0.136. The fourth-order valence-corrected chi connectivity index (χ4v) is 2.76. The Morgan fingerprint density at radius 3 is 2.50 bits per heavy atom. The largest absolute Gasteiger partial charge is 0.495 e. The zero-order valence-electron chi connectivity index (χ0n) is 15.8. The molecular formula is C22H21N3O3. The highest BCUT2D eigenvalue weighted by Crippen LogP contribution is 2.23.